The van der Waals surface area contributed by atoms with Crippen LogP contribution in [-0.2, 0) is 0 Å². The Hall–Kier alpha value is -0.280. The van der Waals surface area contributed by atoms with Gasteiger partial charge in [0, 0.05) is 0 Å². The molecule has 0 aromatic carbocycles. The third-order valence-electron chi connectivity index (χ3n) is 1.60. The van der Waals surface area contributed by atoms with Gasteiger partial charge in [-0.2, -0.15) is 0 Å². The van der Waals surface area contributed by atoms with Crippen LogP contribution in [0, 0.1) is 0 Å². The number of hydrogen-bond acceptors (Lipinski definition) is 2. The lowest BCUT2D eigenvalue weighted by Gasteiger charge is -2.07. The second kappa shape index (κ2) is 5.38. The monoisotopic (exact) mass is 234 g/mol. The summed E-state index contributed by atoms with van der Waals surface area (Å²) in [6, 6.07) is 0. The first-order valence-corrected chi connectivity index (χ1v) is 4.72. The number of aliphatic hydroxyl groups excluding tert-OH is 2. The van der Waals surface area contributed by atoms with Crippen molar-refractivity contribution in [1.82, 2.24) is 0 Å². The number of hydrogen-bond donors (Lipinski definition) is 2. The Morgan fingerprint density at radius 1 is 1.58 bits per heavy atom. The zero-order chi connectivity index (χ0) is 9.72. The minimum atomic E-state index is -0.457. The van der Waals surface area contributed by atoms with Gasteiger partial charge in [-0.25, -0.2) is 0 Å². The molecule has 2 nitrogen and oxygen atoms in total. The van der Waals surface area contributed by atoms with E-state index in [4.69, 9.17) is 5.11 Å². The molecular formula is C9H15BrO2. The van der Waals surface area contributed by atoms with Crippen LogP contribution in [0.5, 0.6) is 0 Å². The Morgan fingerprint density at radius 3 is 2.33 bits per heavy atom. The molecule has 0 radical (unpaired) electrons. The molecule has 0 saturated carbocycles. The van der Waals surface area contributed by atoms with Crippen molar-refractivity contribution in [1.29, 1.82) is 0 Å². The van der Waals surface area contributed by atoms with Crippen molar-refractivity contribution in [3.05, 3.63) is 21.9 Å². The van der Waals surface area contributed by atoms with Gasteiger partial charge in [0.05, 0.1) is 10.6 Å². The number of allylic oxidation sites excluding steroid dienone is 3. The Morgan fingerprint density at radius 2 is 2.08 bits per heavy atom. The van der Waals surface area contributed by atoms with Gasteiger partial charge in [0.2, 0.25) is 0 Å². The molecule has 3 heteroatoms. The highest BCUT2D eigenvalue weighted by molar-refractivity contribution is 9.11. The summed E-state index contributed by atoms with van der Waals surface area (Å²) in [5, 5.41) is 18.3. The predicted octanol–water partition coefficient (Wildman–Crippen LogP) is 2.89. The molecule has 0 unspecified atom stereocenters. The summed E-state index contributed by atoms with van der Waals surface area (Å²) in [6.07, 6.45) is 2.07. The molecule has 1 atom stereocenters. The van der Waals surface area contributed by atoms with E-state index < -0.39 is 6.10 Å². The highest BCUT2D eigenvalue weighted by atomic mass is 79.9. The lowest BCUT2D eigenvalue weighted by atomic mass is 10.1. The Bertz CT molecular complexity index is 201. The highest BCUT2D eigenvalue weighted by Crippen LogP contribution is 2.17. The second-order valence-corrected chi connectivity index (χ2v) is 3.54. The normalized spacial score (nSPS) is 17.2. The maximum atomic E-state index is 9.25. The molecule has 0 bridgehead atoms. The highest BCUT2D eigenvalue weighted by Gasteiger charge is 2.03. The number of halogens is 1. The van der Waals surface area contributed by atoms with Gasteiger partial charge in [0.1, 0.15) is 5.76 Å². The third kappa shape index (κ3) is 3.93. The minimum absolute atomic E-state index is 0.224. The Labute approximate surface area is 81.7 Å². The van der Waals surface area contributed by atoms with Crippen LogP contribution in [0.2, 0.25) is 0 Å². The van der Waals surface area contributed by atoms with Crippen LogP contribution >= 0.6 is 15.9 Å². The summed E-state index contributed by atoms with van der Waals surface area (Å²) in [4.78, 5) is 0. The Balaban J connectivity index is 4.61. The van der Waals surface area contributed by atoms with Crippen LogP contribution in [0.4, 0.5) is 0 Å². The van der Waals surface area contributed by atoms with Gasteiger partial charge in [-0.15, -0.1) is 0 Å². The van der Waals surface area contributed by atoms with Crippen LogP contribution in [0.1, 0.15) is 27.2 Å². The molecule has 0 fully saturated rings. The fourth-order valence-corrected chi connectivity index (χ4v) is 1.08. The van der Waals surface area contributed by atoms with E-state index in [0.717, 1.165) is 12.0 Å². The fraction of sp³-hybridized carbons (Fsp3) is 0.556. The van der Waals surface area contributed by atoms with Crippen molar-refractivity contribution in [2.45, 2.75) is 33.3 Å². The van der Waals surface area contributed by atoms with Crippen LogP contribution in [0.3, 0.4) is 0 Å². The van der Waals surface area contributed by atoms with E-state index >= 15 is 0 Å². The first-order valence-electron chi connectivity index (χ1n) is 3.92. The lowest BCUT2D eigenvalue weighted by molar-refractivity contribution is 0.228. The maximum absolute atomic E-state index is 9.25. The van der Waals surface area contributed by atoms with Crippen molar-refractivity contribution in [2.75, 3.05) is 0 Å². The molecular weight excluding hydrogens is 220 g/mol. The summed E-state index contributed by atoms with van der Waals surface area (Å²) >= 11 is 3.19. The fourth-order valence-electron chi connectivity index (χ4n) is 0.785. The van der Waals surface area contributed by atoms with Crippen LogP contribution in [-0.4, -0.2) is 16.3 Å². The van der Waals surface area contributed by atoms with E-state index in [9.17, 15) is 5.11 Å². The van der Waals surface area contributed by atoms with Crippen LogP contribution < -0.4 is 0 Å². The molecule has 0 aliphatic carbocycles. The molecule has 0 rings (SSSR count). The second-order valence-electron chi connectivity index (χ2n) is 2.68. The molecule has 0 spiro atoms. The van der Waals surface area contributed by atoms with Gasteiger partial charge in [0.15, 0.2) is 0 Å². The smallest absolute Gasteiger partial charge is 0.103 e. The average molecular weight is 235 g/mol. The molecule has 0 aromatic heterocycles. The van der Waals surface area contributed by atoms with E-state index in [1.54, 1.807) is 19.9 Å². The van der Waals surface area contributed by atoms with Crippen molar-refractivity contribution in [3.8, 4) is 0 Å². The zero-order valence-electron chi connectivity index (χ0n) is 7.63. The molecule has 0 heterocycles. The Kier molecular flexibility index (Phi) is 5.25. The molecule has 0 saturated heterocycles. The topological polar surface area (TPSA) is 40.5 Å². The molecule has 0 aliphatic heterocycles. The molecule has 0 amide bonds. The van der Waals surface area contributed by atoms with Crippen LogP contribution in [0.15, 0.2) is 21.9 Å². The first kappa shape index (κ1) is 11.7. The van der Waals surface area contributed by atoms with Gasteiger partial charge >= 0.3 is 0 Å². The van der Waals surface area contributed by atoms with Crippen molar-refractivity contribution in [2.24, 2.45) is 0 Å². The standard InChI is InChI=1S/C9H15BrO2/c1-4-8(6(2)11)5-9(10)7(3)12/h5-6,11-12H,4H2,1-3H3/b8-5+,9-7-/t6-/m1/s1. The summed E-state index contributed by atoms with van der Waals surface area (Å²) in [5.41, 5.74) is 0.898. The third-order valence-corrected chi connectivity index (χ3v) is 2.41. The summed E-state index contributed by atoms with van der Waals surface area (Å²) in [7, 11) is 0. The van der Waals surface area contributed by atoms with E-state index in [2.05, 4.69) is 15.9 Å². The molecule has 70 valence electrons. The van der Waals surface area contributed by atoms with Crippen LogP contribution in [0.25, 0.3) is 0 Å². The number of rotatable bonds is 3. The molecule has 0 aromatic rings. The minimum Gasteiger partial charge on any atom is -0.511 e. The predicted molar refractivity (Wildman–Crippen MR) is 54.3 cm³/mol. The average Bonchev–Trinajstić information content (AvgIpc) is 1.98. The van der Waals surface area contributed by atoms with Gasteiger partial charge in [0.25, 0.3) is 0 Å². The SMILES string of the molecule is CC/C(=C\C(Br)=C(/C)O)[C@@H](C)O. The molecule has 2 N–H and O–H groups in total. The van der Waals surface area contributed by atoms with Crippen molar-refractivity contribution < 1.29 is 10.2 Å². The van der Waals surface area contributed by atoms with Gasteiger partial charge in [-0.1, -0.05) is 6.92 Å². The van der Waals surface area contributed by atoms with E-state index in [1.807, 2.05) is 6.92 Å². The molecule has 12 heavy (non-hydrogen) atoms. The van der Waals surface area contributed by atoms with Gasteiger partial charge in [-0.05, 0) is 47.8 Å². The largest absolute Gasteiger partial charge is 0.511 e. The number of aliphatic hydroxyl groups is 2. The quantitative estimate of drug-likeness (QED) is 0.583. The van der Waals surface area contributed by atoms with E-state index in [0.29, 0.717) is 4.48 Å². The summed E-state index contributed by atoms with van der Waals surface area (Å²) in [5.74, 6) is 0.224. The molecule has 0 aliphatic rings. The van der Waals surface area contributed by atoms with E-state index in [1.165, 1.54) is 0 Å². The van der Waals surface area contributed by atoms with Gasteiger partial charge in [-0.3, -0.25) is 0 Å². The van der Waals surface area contributed by atoms with Crippen molar-refractivity contribution >= 4 is 15.9 Å². The zero-order valence-corrected chi connectivity index (χ0v) is 9.22. The summed E-state index contributed by atoms with van der Waals surface area (Å²) in [6.45, 7) is 5.27. The lowest BCUT2D eigenvalue weighted by Crippen LogP contribution is -2.03. The maximum Gasteiger partial charge on any atom is 0.103 e. The van der Waals surface area contributed by atoms with E-state index in [-0.39, 0.29) is 5.76 Å². The summed E-state index contributed by atoms with van der Waals surface area (Å²) < 4.78 is 0.625. The van der Waals surface area contributed by atoms with Gasteiger partial charge < -0.3 is 10.2 Å². The first-order chi connectivity index (χ1) is 5.49. The van der Waals surface area contributed by atoms with Crippen molar-refractivity contribution in [3.63, 3.8) is 0 Å².